The molecule has 0 aliphatic heterocycles. The third kappa shape index (κ3) is 4.26. The smallest absolute Gasteiger partial charge is 0.269 e. The Hall–Kier alpha value is -2.04. The molecule has 0 unspecified atom stereocenters. The summed E-state index contributed by atoms with van der Waals surface area (Å²) < 4.78 is 5.56. The summed E-state index contributed by atoms with van der Waals surface area (Å²) in [7, 11) is 0. The number of benzene rings is 1. The molecule has 108 valence electrons. The Morgan fingerprint density at radius 3 is 2.70 bits per heavy atom. The first kappa shape index (κ1) is 14.4. The molecule has 2 N–H and O–H groups in total. The van der Waals surface area contributed by atoms with Crippen LogP contribution in [-0.2, 0) is 4.79 Å². The van der Waals surface area contributed by atoms with Gasteiger partial charge in [0, 0.05) is 11.5 Å². The third-order valence-electron chi connectivity index (χ3n) is 2.93. The molecule has 0 bridgehead atoms. The quantitative estimate of drug-likeness (QED) is 0.807. The summed E-state index contributed by atoms with van der Waals surface area (Å²) >= 11 is 0. The van der Waals surface area contributed by atoms with E-state index in [1.54, 1.807) is 18.2 Å². The molecule has 2 rings (SSSR count). The Kier molecular flexibility index (Phi) is 4.61. The second-order valence-corrected chi connectivity index (χ2v) is 5.45. The summed E-state index contributed by atoms with van der Waals surface area (Å²) in [6.07, 6.45) is 1.81. The first-order chi connectivity index (χ1) is 9.56. The summed E-state index contributed by atoms with van der Waals surface area (Å²) in [4.78, 5) is 23.3. The molecule has 1 saturated carbocycles. The molecule has 0 radical (unpaired) electrons. The first-order valence-corrected chi connectivity index (χ1v) is 6.89. The van der Waals surface area contributed by atoms with E-state index >= 15 is 0 Å². The van der Waals surface area contributed by atoms with Crippen molar-refractivity contribution in [1.82, 2.24) is 10.9 Å². The van der Waals surface area contributed by atoms with Gasteiger partial charge in [0.1, 0.15) is 5.75 Å². The number of hydrogen-bond acceptors (Lipinski definition) is 3. The van der Waals surface area contributed by atoms with Gasteiger partial charge in [-0.25, -0.2) is 0 Å². The normalized spacial score (nSPS) is 13.9. The van der Waals surface area contributed by atoms with Crippen molar-refractivity contribution in [2.45, 2.75) is 26.7 Å². The Morgan fingerprint density at radius 1 is 1.30 bits per heavy atom. The maximum absolute atomic E-state index is 11.9. The van der Waals surface area contributed by atoms with E-state index in [1.165, 1.54) is 0 Å². The zero-order valence-electron chi connectivity index (χ0n) is 11.8. The molecule has 0 saturated heterocycles. The zero-order valence-corrected chi connectivity index (χ0v) is 11.8. The van der Waals surface area contributed by atoms with E-state index in [1.807, 2.05) is 6.07 Å². The van der Waals surface area contributed by atoms with Gasteiger partial charge in [-0.1, -0.05) is 19.9 Å². The van der Waals surface area contributed by atoms with Crippen molar-refractivity contribution in [3.05, 3.63) is 29.8 Å². The minimum Gasteiger partial charge on any atom is -0.493 e. The summed E-state index contributed by atoms with van der Waals surface area (Å²) in [5, 5.41) is 0. The van der Waals surface area contributed by atoms with Crippen molar-refractivity contribution < 1.29 is 14.3 Å². The van der Waals surface area contributed by atoms with E-state index in [0.29, 0.717) is 23.8 Å². The average Bonchev–Trinajstić information content (AvgIpc) is 3.27. The lowest BCUT2D eigenvalue weighted by atomic mass is 10.2. The molecule has 0 aromatic heterocycles. The molecule has 5 nitrogen and oxygen atoms in total. The molecule has 1 aliphatic carbocycles. The molecule has 1 aromatic carbocycles. The summed E-state index contributed by atoms with van der Waals surface area (Å²) in [6, 6.07) is 6.91. The predicted octanol–water partition coefficient (Wildman–Crippen LogP) is 1.89. The molecule has 20 heavy (non-hydrogen) atoms. The summed E-state index contributed by atoms with van der Waals surface area (Å²) in [5.74, 6) is 0.681. The van der Waals surface area contributed by atoms with E-state index < -0.39 is 0 Å². The van der Waals surface area contributed by atoms with Crippen molar-refractivity contribution in [3.8, 4) is 5.75 Å². The predicted molar refractivity (Wildman–Crippen MR) is 75.1 cm³/mol. The van der Waals surface area contributed by atoms with Crippen LogP contribution in [0.4, 0.5) is 0 Å². The Morgan fingerprint density at radius 2 is 2.05 bits per heavy atom. The van der Waals surface area contributed by atoms with Gasteiger partial charge in [-0.05, 0) is 37.0 Å². The van der Waals surface area contributed by atoms with Gasteiger partial charge in [0.2, 0.25) is 5.91 Å². The lowest BCUT2D eigenvalue weighted by molar-refractivity contribution is -0.123. The highest BCUT2D eigenvalue weighted by molar-refractivity contribution is 5.96. The number of carbonyl (C=O) groups is 2. The topological polar surface area (TPSA) is 67.4 Å². The minimum atomic E-state index is -0.339. The number of nitrogens with one attached hydrogen (secondary N) is 2. The number of rotatable bonds is 5. The fraction of sp³-hybridized carbons (Fsp3) is 0.467. The van der Waals surface area contributed by atoms with Crippen molar-refractivity contribution in [2.24, 2.45) is 11.8 Å². The molecular weight excluding hydrogens is 256 g/mol. The van der Waals surface area contributed by atoms with Crippen LogP contribution in [0.25, 0.3) is 0 Å². The van der Waals surface area contributed by atoms with E-state index in [-0.39, 0.29) is 17.7 Å². The van der Waals surface area contributed by atoms with Crippen LogP contribution in [0.3, 0.4) is 0 Å². The van der Waals surface area contributed by atoms with Crippen LogP contribution in [0.15, 0.2) is 24.3 Å². The second-order valence-electron chi connectivity index (χ2n) is 5.45. The van der Waals surface area contributed by atoms with Crippen LogP contribution in [0, 0.1) is 11.8 Å². The molecule has 5 heteroatoms. The van der Waals surface area contributed by atoms with E-state index in [2.05, 4.69) is 24.7 Å². The van der Waals surface area contributed by atoms with Crippen molar-refractivity contribution in [2.75, 3.05) is 6.61 Å². The van der Waals surface area contributed by atoms with Crippen LogP contribution in [0.2, 0.25) is 0 Å². The largest absolute Gasteiger partial charge is 0.493 e. The van der Waals surface area contributed by atoms with Gasteiger partial charge < -0.3 is 4.74 Å². The highest BCUT2D eigenvalue weighted by Crippen LogP contribution is 2.28. The van der Waals surface area contributed by atoms with Gasteiger partial charge in [-0.3, -0.25) is 20.4 Å². The third-order valence-corrected chi connectivity index (χ3v) is 2.93. The van der Waals surface area contributed by atoms with Gasteiger partial charge in [-0.2, -0.15) is 0 Å². The second kappa shape index (κ2) is 6.41. The minimum absolute atomic E-state index is 0.0657. The highest BCUT2D eigenvalue weighted by Gasteiger charge is 2.29. The average molecular weight is 276 g/mol. The van der Waals surface area contributed by atoms with E-state index in [4.69, 9.17) is 4.74 Å². The summed E-state index contributed by atoms with van der Waals surface area (Å²) in [5.41, 5.74) is 5.31. The zero-order chi connectivity index (χ0) is 14.5. The van der Waals surface area contributed by atoms with Crippen LogP contribution in [0.1, 0.15) is 37.0 Å². The van der Waals surface area contributed by atoms with Crippen LogP contribution < -0.4 is 15.6 Å². The number of ether oxygens (including phenoxy) is 1. The molecule has 1 aliphatic rings. The van der Waals surface area contributed by atoms with Crippen molar-refractivity contribution in [1.29, 1.82) is 0 Å². The summed E-state index contributed by atoms with van der Waals surface area (Å²) in [6.45, 7) is 4.72. The lowest BCUT2D eigenvalue weighted by Gasteiger charge is -2.10. The maximum atomic E-state index is 11.9. The van der Waals surface area contributed by atoms with Gasteiger partial charge in [-0.15, -0.1) is 0 Å². The standard InChI is InChI=1S/C15H20N2O3/c1-10(2)9-20-13-5-3-4-12(8-13)15(19)17-16-14(18)11-6-7-11/h3-5,8,10-11H,6-7,9H2,1-2H3,(H,16,18)(H,17,19). The number of amides is 2. The molecule has 0 heterocycles. The lowest BCUT2D eigenvalue weighted by Crippen LogP contribution is -2.42. The van der Waals surface area contributed by atoms with E-state index in [0.717, 1.165) is 12.8 Å². The molecule has 0 atom stereocenters. The van der Waals surface area contributed by atoms with Gasteiger partial charge >= 0.3 is 0 Å². The number of hydrogen-bond donors (Lipinski definition) is 2. The van der Waals surface area contributed by atoms with Gasteiger partial charge in [0.05, 0.1) is 6.61 Å². The molecular formula is C15H20N2O3. The number of carbonyl (C=O) groups excluding carboxylic acids is 2. The van der Waals surface area contributed by atoms with Crippen LogP contribution in [-0.4, -0.2) is 18.4 Å². The molecule has 2 amide bonds. The molecule has 0 spiro atoms. The Labute approximate surface area is 118 Å². The Bertz CT molecular complexity index is 496. The first-order valence-electron chi connectivity index (χ1n) is 6.89. The molecule has 1 fully saturated rings. The Balaban J connectivity index is 1.88. The monoisotopic (exact) mass is 276 g/mol. The van der Waals surface area contributed by atoms with Crippen molar-refractivity contribution in [3.63, 3.8) is 0 Å². The van der Waals surface area contributed by atoms with Crippen LogP contribution in [0.5, 0.6) is 5.75 Å². The van der Waals surface area contributed by atoms with E-state index in [9.17, 15) is 9.59 Å². The fourth-order valence-electron chi connectivity index (χ4n) is 1.63. The highest BCUT2D eigenvalue weighted by atomic mass is 16.5. The SMILES string of the molecule is CC(C)COc1cccc(C(=O)NNC(=O)C2CC2)c1. The number of hydrazine groups is 1. The van der Waals surface area contributed by atoms with Gasteiger partial charge in [0.15, 0.2) is 0 Å². The van der Waals surface area contributed by atoms with Gasteiger partial charge in [0.25, 0.3) is 5.91 Å². The molecule has 1 aromatic rings. The maximum Gasteiger partial charge on any atom is 0.269 e. The fourth-order valence-corrected chi connectivity index (χ4v) is 1.63. The van der Waals surface area contributed by atoms with Crippen LogP contribution >= 0.6 is 0 Å². The van der Waals surface area contributed by atoms with Crippen molar-refractivity contribution >= 4 is 11.8 Å².